The average Bonchev–Trinajstić information content (AvgIpc) is 4.07. The normalized spacial score (nSPS) is 10.8. The zero-order valence-corrected chi connectivity index (χ0v) is 40.8. The predicted octanol–water partition coefficient (Wildman–Crippen LogP) is 16.4. The third-order valence-electron chi connectivity index (χ3n) is 13.5. The molecule has 0 bridgehead atoms. The summed E-state index contributed by atoms with van der Waals surface area (Å²) in [6.45, 7) is 15.9. The van der Waals surface area contributed by atoms with Gasteiger partial charge in [0, 0.05) is 44.2 Å². The molecule has 0 atom stereocenters. The zero-order chi connectivity index (χ0) is 52.4. The van der Waals surface area contributed by atoms with Gasteiger partial charge < -0.3 is 4.57 Å². The molecule has 0 saturated heterocycles. The molecule has 0 aliphatic carbocycles. The van der Waals surface area contributed by atoms with Crippen LogP contribution in [0.1, 0.15) is 16.7 Å². The molecular weight excluding hydrogens is 945 g/mol. The van der Waals surface area contributed by atoms with Crippen LogP contribution in [0.25, 0.3) is 127 Å². The van der Waals surface area contributed by atoms with Crippen molar-refractivity contribution in [2.45, 2.75) is 0 Å². The first kappa shape index (κ1) is 46.5. The largest absolute Gasteiger partial charge is 0.308 e. The lowest BCUT2D eigenvalue weighted by molar-refractivity contribution is 1.14. The lowest BCUT2D eigenvalue weighted by Crippen LogP contribution is -2.06. The van der Waals surface area contributed by atoms with Gasteiger partial charge in [0.1, 0.15) is 0 Å². The second kappa shape index (κ2) is 19.8. The maximum Gasteiger partial charge on any atom is 0.177 e. The van der Waals surface area contributed by atoms with E-state index in [1.165, 1.54) is 0 Å². The molecule has 3 aromatic heterocycles. The van der Waals surface area contributed by atoms with Crippen LogP contribution >= 0.6 is 0 Å². The van der Waals surface area contributed by atoms with Crippen LogP contribution in [0.2, 0.25) is 0 Å². The van der Waals surface area contributed by atoms with Gasteiger partial charge in [-0.05, 0) is 76.9 Å². The minimum absolute atomic E-state index is 0.339. The van der Waals surface area contributed by atoms with E-state index in [0.717, 1.165) is 55.2 Å². The minimum atomic E-state index is 0.339. The monoisotopic (exact) mass is 980 g/mol. The average molecular weight is 981 g/mol. The smallest absolute Gasteiger partial charge is 0.177 e. The van der Waals surface area contributed by atoms with Crippen LogP contribution in [-0.4, -0.2) is 24.5 Å². The van der Waals surface area contributed by atoms with Gasteiger partial charge in [0.2, 0.25) is 0 Å². The molecule has 0 aliphatic heterocycles. The molecule has 0 fully saturated rings. The number of nitrogens with zero attached hydrogens (tertiary/aromatic N) is 10. The van der Waals surface area contributed by atoms with Crippen LogP contribution in [0.3, 0.4) is 0 Å². The number of hydrogen-bond donors (Lipinski definition) is 0. The van der Waals surface area contributed by atoms with E-state index in [0.29, 0.717) is 90.4 Å². The van der Waals surface area contributed by atoms with Gasteiger partial charge in [0.15, 0.2) is 23.0 Å². The highest BCUT2D eigenvalue weighted by Gasteiger charge is 2.26. The molecule has 3 heterocycles. The number of aromatic nitrogens is 5. The summed E-state index contributed by atoms with van der Waals surface area (Å²) in [7, 11) is 0. The Hall–Kier alpha value is -11.6. The molecule has 10 nitrogen and oxygen atoms in total. The number of nitriles is 3. The summed E-state index contributed by atoms with van der Waals surface area (Å²) in [5, 5.41) is 33.2. The molecular formula is C67H36N10. The van der Waals surface area contributed by atoms with Gasteiger partial charge in [-0.3, -0.25) is 0 Å². The molecule has 0 N–H and O–H groups in total. The number of rotatable bonds is 9. The topological polar surface area (TPSA) is 137 Å². The Balaban J connectivity index is 1.27. The van der Waals surface area contributed by atoms with E-state index in [2.05, 4.69) is 50.7 Å². The van der Waals surface area contributed by atoms with Gasteiger partial charge in [0.25, 0.3) is 0 Å². The van der Waals surface area contributed by atoms with E-state index in [4.69, 9.17) is 33.1 Å². The molecule has 354 valence electrons. The molecule has 77 heavy (non-hydrogen) atoms. The first-order valence-electron chi connectivity index (χ1n) is 24.4. The van der Waals surface area contributed by atoms with E-state index >= 15 is 0 Å². The molecule has 0 spiro atoms. The van der Waals surface area contributed by atoms with Gasteiger partial charge in [-0.25, -0.2) is 29.6 Å². The number of benzene rings is 9. The van der Waals surface area contributed by atoms with Crippen molar-refractivity contribution in [1.29, 1.82) is 15.8 Å². The second-order valence-corrected chi connectivity index (χ2v) is 18.2. The van der Waals surface area contributed by atoms with Crippen LogP contribution in [0.4, 0.5) is 11.4 Å². The first-order chi connectivity index (χ1) is 37.9. The molecule has 0 saturated carbocycles. The Labute approximate surface area is 443 Å². The summed E-state index contributed by atoms with van der Waals surface area (Å²) in [5.74, 6) is 0.952. The molecule has 9 aromatic carbocycles. The molecule has 0 aliphatic rings. The second-order valence-electron chi connectivity index (χ2n) is 18.2. The van der Waals surface area contributed by atoms with Gasteiger partial charge in [-0.2, -0.15) is 15.8 Å². The Morgan fingerprint density at radius 2 is 0.714 bits per heavy atom. The van der Waals surface area contributed by atoms with Crippen molar-refractivity contribution >= 4 is 33.2 Å². The van der Waals surface area contributed by atoms with Crippen LogP contribution in [-0.2, 0) is 0 Å². The molecule has 12 rings (SSSR count). The van der Waals surface area contributed by atoms with Crippen LogP contribution in [0.5, 0.6) is 0 Å². The van der Waals surface area contributed by atoms with Crippen molar-refractivity contribution in [2.24, 2.45) is 0 Å². The highest BCUT2D eigenvalue weighted by atomic mass is 15.0. The van der Waals surface area contributed by atoms with E-state index in [1.54, 1.807) is 36.4 Å². The van der Waals surface area contributed by atoms with Crippen molar-refractivity contribution in [3.63, 3.8) is 0 Å². The van der Waals surface area contributed by atoms with Crippen LogP contribution < -0.4 is 0 Å². The standard InChI is InChI=1S/C67H36N10/c1-71-53-32-52(33-54(36-53)72-2)50-24-26-56-55-25-23-49(51-28-42(39-68)27-43(29-51)40-69)34-63(55)77(64(56)35-50)65-57(61-37-59(45-15-7-3-8-16-45)73-66(75-61)47-19-11-5-12-20-47)30-44(41-70)31-58(65)62-38-60(46-17-9-4-10-18-46)74-67(76-62)48-21-13-6-14-22-48/h3-38H. The summed E-state index contributed by atoms with van der Waals surface area (Å²) in [6, 6.07) is 76.5. The van der Waals surface area contributed by atoms with E-state index in [1.807, 2.05) is 164 Å². The Bertz CT molecular complexity index is 4090. The molecule has 12 aromatic rings. The number of fused-ring (bicyclic) bond motifs is 3. The van der Waals surface area contributed by atoms with Crippen molar-refractivity contribution < 1.29 is 0 Å². The van der Waals surface area contributed by atoms with E-state index < -0.39 is 0 Å². The maximum atomic E-state index is 11.2. The van der Waals surface area contributed by atoms with Crippen molar-refractivity contribution in [2.75, 3.05) is 0 Å². The summed E-state index contributed by atoms with van der Waals surface area (Å²) in [5.41, 5.74) is 13.6. The van der Waals surface area contributed by atoms with E-state index in [-0.39, 0.29) is 0 Å². The fraction of sp³-hybridized carbons (Fsp3) is 0. The van der Waals surface area contributed by atoms with Crippen LogP contribution in [0.15, 0.2) is 218 Å². The van der Waals surface area contributed by atoms with Crippen molar-refractivity contribution in [1.82, 2.24) is 24.5 Å². The SMILES string of the molecule is [C-]#[N+]c1cc([N+]#[C-])cc(-c2ccc3c4ccc(-c5cc(C#N)cc(C#N)c5)cc4n(-c4c(-c5cc(-c6ccccc6)nc(-c6ccccc6)n5)cc(C#N)cc4-c4cc(-c5ccccc5)nc(-c5ccccc5)n4)c3c2)c1. The first-order valence-corrected chi connectivity index (χ1v) is 24.4. The minimum Gasteiger partial charge on any atom is -0.308 e. The molecule has 0 radical (unpaired) electrons. The third-order valence-corrected chi connectivity index (χ3v) is 13.5. The van der Waals surface area contributed by atoms with E-state index in [9.17, 15) is 15.8 Å². The maximum absolute atomic E-state index is 11.2. The fourth-order valence-electron chi connectivity index (χ4n) is 9.88. The quantitative estimate of drug-likeness (QED) is 0.131. The van der Waals surface area contributed by atoms with Crippen molar-refractivity contribution in [3.8, 4) is 114 Å². The lowest BCUT2D eigenvalue weighted by atomic mass is 9.95. The summed E-state index contributed by atoms with van der Waals surface area (Å²) in [4.78, 5) is 28.6. The third kappa shape index (κ3) is 8.84. The number of hydrogen-bond acceptors (Lipinski definition) is 7. The predicted molar refractivity (Wildman–Crippen MR) is 302 cm³/mol. The van der Waals surface area contributed by atoms with Crippen molar-refractivity contribution in [3.05, 3.63) is 258 Å². The van der Waals surface area contributed by atoms with Gasteiger partial charge in [0.05, 0.1) is 87.5 Å². The summed E-state index contributed by atoms with van der Waals surface area (Å²) in [6.07, 6.45) is 0. The summed E-state index contributed by atoms with van der Waals surface area (Å²) >= 11 is 0. The lowest BCUT2D eigenvalue weighted by Gasteiger charge is -2.21. The van der Waals surface area contributed by atoms with Gasteiger partial charge >= 0.3 is 0 Å². The molecule has 10 heteroatoms. The van der Waals surface area contributed by atoms with Gasteiger partial charge in [-0.1, -0.05) is 164 Å². The summed E-state index contributed by atoms with van der Waals surface area (Å²) < 4.78 is 2.18. The fourth-order valence-corrected chi connectivity index (χ4v) is 9.88. The highest BCUT2D eigenvalue weighted by molar-refractivity contribution is 6.12. The molecule has 0 unspecified atom stereocenters. The Morgan fingerprint density at radius 3 is 1.12 bits per heavy atom. The highest BCUT2D eigenvalue weighted by Crippen LogP contribution is 2.45. The molecule has 0 amide bonds. The Kier molecular flexibility index (Phi) is 11.9. The Morgan fingerprint density at radius 1 is 0.338 bits per heavy atom. The van der Waals surface area contributed by atoms with Gasteiger partial charge in [-0.15, -0.1) is 0 Å². The zero-order valence-electron chi connectivity index (χ0n) is 40.8. The van der Waals surface area contributed by atoms with Crippen LogP contribution in [0, 0.1) is 47.1 Å².